The molecule has 2 rings (SSSR count). The second kappa shape index (κ2) is 7.69. The minimum atomic E-state index is -0.126. The predicted molar refractivity (Wildman–Crippen MR) is 92.3 cm³/mol. The zero-order chi connectivity index (χ0) is 15.2. The van der Waals surface area contributed by atoms with Gasteiger partial charge >= 0.3 is 0 Å². The third kappa shape index (κ3) is 4.92. The maximum atomic E-state index is 11.9. The van der Waals surface area contributed by atoms with Crippen LogP contribution in [0.25, 0.3) is 0 Å². The normalized spacial score (nSPS) is 10.2. The van der Waals surface area contributed by atoms with Crippen LogP contribution in [0.3, 0.4) is 0 Å². The molecule has 0 atom stereocenters. The number of amides is 1. The van der Waals surface area contributed by atoms with Crippen LogP contribution in [0.15, 0.2) is 46.9 Å². The van der Waals surface area contributed by atoms with Gasteiger partial charge in [0, 0.05) is 28.1 Å². The van der Waals surface area contributed by atoms with Crippen LogP contribution in [0.5, 0.6) is 0 Å². The summed E-state index contributed by atoms with van der Waals surface area (Å²) in [7, 11) is 0. The maximum Gasteiger partial charge on any atom is 0.226 e. The van der Waals surface area contributed by atoms with Gasteiger partial charge in [-0.1, -0.05) is 35.3 Å². The monoisotopic (exact) mass is 386 g/mol. The van der Waals surface area contributed by atoms with Gasteiger partial charge in [0.1, 0.15) is 0 Å². The van der Waals surface area contributed by atoms with Crippen molar-refractivity contribution in [3.05, 3.63) is 57.0 Å². The van der Waals surface area contributed by atoms with Crippen LogP contribution in [-0.4, -0.2) is 12.5 Å². The molecule has 0 fully saturated rings. The highest BCUT2D eigenvalue weighted by Gasteiger charge is 2.07. The van der Waals surface area contributed by atoms with Crippen LogP contribution in [-0.2, 0) is 4.79 Å². The Labute approximate surface area is 141 Å². The molecular formula is C15H13BrCl2N2O. The third-order valence-electron chi connectivity index (χ3n) is 2.74. The number of hydrogen-bond acceptors (Lipinski definition) is 2. The summed E-state index contributed by atoms with van der Waals surface area (Å²) in [4.78, 5) is 11.9. The zero-order valence-electron chi connectivity index (χ0n) is 11.0. The highest BCUT2D eigenvalue weighted by atomic mass is 79.9. The van der Waals surface area contributed by atoms with E-state index in [0.29, 0.717) is 28.7 Å². The van der Waals surface area contributed by atoms with Crippen molar-refractivity contribution in [2.45, 2.75) is 6.42 Å². The van der Waals surface area contributed by atoms with Gasteiger partial charge in [-0.15, -0.1) is 0 Å². The Kier molecular flexibility index (Phi) is 5.91. The molecule has 0 unspecified atom stereocenters. The zero-order valence-corrected chi connectivity index (χ0v) is 14.1. The molecule has 0 saturated heterocycles. The van der Waals surface area contributed by atoms with Gasteiger partial charge in [-0.3, -0.25) is 4.79 Å². The summed E-state index contributed by atoms with van der Waals surface area (Å²) >= 11 is 15.3. The lowest BCUT2D eigenvalue weighted by Crippen LogP contribution is -2.16. The molecule has 0 saturated carbocycles. The van der Waals surface area contributed by atoms with Crippen molar-refractivity contribution in [1.29, 1.82) is 0 Å². The predicted octanol–water partition coefficient (Wildman–Crippen LogP) is 5.20. The van der Waals surface area contributed by atoms with E-state index in [0.717, 1.165) is 10.2 Å². The van der Waals surface area contributed by atoms with Gasteiger partial charge in [0.15, 0.2) is 0 Å². The first kappa shape index (κ1) is 16.1. The standard InChI is InChI=1S/C15H13BrCl2N2O/c16-11-3-1-2-4-13(11)19-8-7-15(21)20-14-9-10(17)5-6-12(14)18/h1-6,9,19H,7-8H2,(H,20,21). The molecule has 0 aliphatic carbocycles. The second-order valence-electron chi connectivity index (χ2n) is 4.33. The molecule has 0 radical (unpaired) electrons. The molecule has 1 amide bonds. The van der Waals surface area contributed by atoms with Gasteiger partial charge in [0.2, 0.25) is 5.91 Å². The number of para-hydroxylation sites is 1. The number of nitrogens with one attached hydrogen (secondary N) is 2. The molecule has 0 aliphatic heterocycles. The van der Waals surface area contributed by atoms with Gasteiger partial charge in [0.25, 0.3) is 0 Å². The molecule has 0 aliphatic rings. The molecule has 0 heterocycles. The highest BCUT2D eigenvalue weighted by Crippen LogP contribution is 2.25. The Morgan fingerprint density at radius 1 is 1.10 bits per heavy atom. The number of anilines is 2. The first-order chi connectivity index (χ1) is 10.1. The van der Waals surface area contributed by atoms with Gasteiger partial charge < -0.3 is 10.6 Å². The van der Waals surface area contributed by atoms with E-state index in [2.05, 4.69) is 26.6 Å². The number of carbonyl (C=O) groups is 1. The van der Waals surface area contributed by atoms with Crippen molar-refractivity contribution >= 4 is 56.4 Å². The van der Waals surface area contributed by atoms with E-state index >= 15 is 0 Å². The van der Waals surface area contributed by atoms with Crippen LogP contribution in [0.4, 0.5) is 11.4 Å². The van der Waals surface area contributed by atoms with Crippen LogP contribution in [0.1, 0.15) is 6.42 Å². The van der Waals surface area contributed by atoms with Crippen LogP contribution >= 0.6 is 39.1 Å². The first-order valence-corrected chi connectivity index (χ1v) is 7.84. The van der Waals surface area contributed by atoms with Gasteiger partial charge in [-0.05, 0) is 46.3 Å². The smallest absolute Gasteiger partial charge is 0.226 e. The highest BCUT2D eigenvalue weighted by molar-refractivity contribution is 9.10. The first-order valence-electron chi connectivity index (χ1n) is 6.29. The van der Waals surface area contributed by atoms with Crippen molar-refractivity contribution in [1.82, 2.24) is 0 Å². The van der Waals surface area contributed by atoms with Crippen molar-refractivity contribution in [3.8, 4) is 0 Å². The number of hydrogen-bond donors (Lipinski definition) is 2. The minimum Gasteiger partial charge on any atom is -0.384 e. The number of halogens is 3. The largest absolute Gasteiger partial charge is 0.384 e. The maximum absolute atomic E-state index is 11.9. The Morgan fingerprint density at radius 3 is 2.62 bits per heavy atom. The molecule has 2 aromatic carbocycles. The summed E-state index contributed by atoms with van der Waals surface area (Å²) in [6, 6.07) is 12.7. The summed E-state index contributed by atoms with van der Waals surface area (Å²) in [5.74, 6) is -0.126. The lowest BCUT2D eigenvalue weighted by atomic mass is 10.3. The fourth-order valence-electron chi connectivity index (χ4n) is 1.72. The molecule has 0 aromatic heterocycles. The average Bonchev–Trinajstić information content (AvgIpc) is 2.45. The van der Waals surface area contributed by atoms with Crippen LogP contribution in [0, 0.1) is 0 Å². The van der Waals surface area contributed by atoms with E-state index in [1.165, 1.54) is 0 Å². The molecule has 0 spiro atoms. The molecule has 2 N–H and O–H groups in total. The Hall–Kier alpha value is -1.23. The van der Waals surface area contributed by atoms with E-state index in [4.69, 9.17) is 23.2 Å². The summed E-state index contributed by atoms with van der Waals surface area (Å²) < 4.78 is 0.961. The number of carbonyl (C=O) groups excluding carboxylic acids is 1. The van der Waals surface area contributed by atoms with Crippen molar-refractivity contribution < 1.29 is 4.79 Å². The summed E-state index contributed by atoms with van der Waals surface area (Å²) in [5.41, 5.74) is 1.47. The fraction of sp³-hybridized carbons (Fsp3) is 0.133. The number of rotatable bonds is 5. The van der Waals surface area contributed by atoms with E-state index < -0.39 is 0 Å². The molecule has 2 aromatic rings. The van der Waals surface area contributed by atoms with E-state index in [9.17, 15) is 4.79 Å². The van der Waals surface area contributed by atoms with Gasteiger partial charge in [-0.2, -0.15) is 0 Å². The second-order valence-corrected chi connectivity index (χ2v) is 6.03. The molecule has 0 bridgehead atoms. The van der Waals surface area contributed by atoms with Crippen molar-refractivity contribution in [2.75, 3.05) is 17.2 Å². The van der Waals surface area contributed by atoms with Gasteiger partial charge in [0.05, 0.1) is 10.7 Å². The molecule has 21 heavy (non-hydrogen) atoms. The van der Waals surface area contributed by atoms with Gasteiger partial charge in [-0.25, -0.2) is 0 Å². The lowest BCUT2D eigenvalue weighted by Gasteiger charge is -2.10. The summed E-state index contributed by atoms with van der Waals surface area (Å²) in [6.07, 6.45) is 0.324. The Morgan fingerprint density at radius 2 is 1.86 bits per heavy atom. The molecule has 110 valence electrons. The SMILES string of the molecule is O=C(CCNc1ccccc1Br)Nc1cc(Cl)ccc1Cl. The number of benzene rings is 2. The Bertz CT molecular complexity index is 649. The van der Waals surface area contributed by atoms with Crippen molar-refractivity contribution in [3.63, 3.8) is 0 Å². The average molecular weight is 388 g/mol. The molecule has 6 heteroatoms. The van der Waals surface area contributed by atoms with Crippen LogP contribution in [0.2, 0.25) is 10.0 Å². The molecule has 3 nitrogen and oxygen atoms in total. The minimum absolute atomic E-state index is 0.126. The Balaban J connectivity index is 1.85. The summed E-state index contributed by atoms with van der Waals surface area (Å²) in [5, 5.41) is 6.93. The van der Waals surface area contributed by atoms with E-state index in [-0.39, 0.29) is 5.91 Å². The fourth-order valence-corrected chi connectivity index (χ4v) is 2.48. The third-order valence-corrected chi connectivity index (χ3v) is 4.00. The van der Waals surface area contributed by atoms with E-state index in [1.54, 1.807) is 18.2 Å². The van der Waals surface area contributed by atoms with Crippen molar-refractivity contribution in [2.24, 2.45) is 0 Å². The van der Waals surface area contributed by atoms with Crippen LogP contribution < -0.4 is 10.6 Å². The van der Waals surface area contributed by atoms with E-state index in [1.807, 2.05) is 24.3 Å². The topological polar surface area (TPSA) is 41.1 Å². The quantitative estimate of drug-likeness (QED) is 0.740. The summed E-state index contributed by atoms with van der Waals surface area (Å²) in [6.45, 7) is 0.520. The lowest BCUT2D eigenvalue weighted by molar-refractivity contribution is -0.115. The molecular weight excluding hydrogens is 375 g/mol.